The molecule has 24 heavy (non-hydrogen) atoms. The van der Waals surface area contributed by atoms with Gasteiger partial charge >= 0.3 is 0 Å². The van der Waals surface area contributed by atoms with Gasteiger partial charge in [-0.05, 0) is 43.4 Å². The number of aromatic nitrogens is 2. The second kappa shape index (κ2) is 8.08. The normalized spacial score (nSPS) is 11.0. The second-order valence-corrected chi connectivity index (χ2v) is 6.32. The highest BCUT2D eigenvalue weighted by Crippen LogP contribution is 2.20. The van der Waals surface area contributed by atoms with Gasteiger partial charge in [0.2, 0.25) is 11.8 Å². The lowest BCUT2D eigenvalue weighted by Crippen LogP contribution is -2.24. The summed E-state index contributed by atoms with van der Waals surface area (Å²) in [6, 6.07) is 17.6. The Balaban J connectivity index is 1.50. The quantitative estimate of drug-likeness (QED) is 0.612. The molecular formula is C18H18BrN3O2. The predicted molar refractivity (Wildman–Crippen MR) is 95.7 cm³/mol. The van der Waals surface area contributed by atoms with Gasteiger partial charge in [-0.3, -0.25) is 4.90 Å². The van der Waals surface area contributed by atoms with Gasteiger partial charge in [0.15, 0.2) is 0 Å². The number of para-hydroxylation sites is 1. The highest BCUT2D eigenvalue weighted by Gasteiger charge is 2.10. The molecule has 0 bridgehead atoms. The summed E-state index contributed by atoms with van der Waals surface area (Å²) in [6.07, 6.45) is 0. The molecule has 1 aromatic heterocycles. The largest absolute Gasteiger partial charge is 0.492 e. The fourth-order valence-corrected chi connectivity index (χ4v) is 2.44. The van der Waals surface area contributed by atoms with Crippen LogP contribution in [0, 0.1) is 0 Å². The zero-order valence-electron chi connectivity index (χ0n) is 13.4. The van der Waals surface area contributed by atoms with Crippen molar-refractivity contribution in [2.75, 3.05) is 20.2 Å². The van der Waals surface area contributed by atoms with Crippen molar-refractivity contribution in [2.24, 2.45) is 0 Å². The van der Waals surface area contributed by atoms with Crippen molar-refractivity contribution in [3.63, 3.8) is 0 Å². The molecule has 0 aliphatic carbocycles. The average Bonchev–Trinajstić information content (AvgIpc) is 3.05. The van der Waals surface area contributed by atoms with E-state index in [9.17, 15) is 0 Å². The zero-order chi connectivity index (χ0) is 16.8. The number of halogens is 1. The van der Waals surface area contributed by atoms with Crippen molar-refractivity contribution in [1.82, 2.24) is 15.1 Å². The molecule has 0 saturated carbocycles. The van der Waals surface area contributed by atoms with Gasteiger partial charge in [0.1, 0.15) is 12.4 Å². The summed E-state index contributed by atoms with van der Waals surface area (Å²) < 4.78 is 12.4. The SMILES string of the molecule is CN(CCOc1ccccc1)Cc1nnc(-c2ccc(Br)cc2)o1. The van der Waals surface area contributed by atoms with Gasteiger partial charge in [-0.1, -0.05) is 34.1 Å². The maximum atomic E-state index is 5.72. The molecule has 0 aliphatic rings. The van der Waals surface area contributed by atoms with Gasteiger partial charge < -0.3 is 9.15 Å². The summed E-state index contributed by atoms with van der Waals surface area (Å²) in [6.45, 7) is 1.96. The lowest BCUT2D eigenvalue weighted by atomic mass is 10.2. The Bertz CT molecular complexity index is 759. The Morgan fingerprint density at radius 1 is 1.04 bits per heavy atom. The first-order chi connectivity index (χ1) is 11.7. The molecule has 0 spiro atoms. The van der Waals surface area contributed by atoms with Crippen LogP contribution in [-0.2, 0) is 6.54 Å². The zero-order valence-corrected chi connectivity index (χ0v) is 14.9. The molecule has 0 atom stereocenters. The number of nitrogens with zero attached hydrogens (tertiary/aromatic N) is 3. The number of rotatable bonds is 7. The van der Waals surface area contributed by atoms with Crippen LogP contribution in [0.25, 0.3) is 11.5 Å². The van der Waals surface area contributed by atoms with Crippen molar-refractivity contribution in [3.05, 3.63) is 65.0 Å². The van der Waals surface area contributed by atoms with E-state index in [2.05, 4.69) is 31.0 Å². The minimum absolute atomic E-state index is 0.534. The van der Waals surface area contributed by atoms with E-state index in [4.69, 9.17) is 9.15 Å². The molecular weight excluding hydrogens is 370 g/mol. The van der Waals surface area contributed by atoms with Crippen molar-refractivity contribution >= 4 is 15.9 Å². The standard InChI is InChI=1S/C18H18BrN3O2/c1-22(11-12-23-16-5-3-2-4-6-16)13-17-20-21-18(24-17)14-7-9-15(19)10-8-14/h2-10H,11-13H2,1H3. The van der Waals surface area contributed by atoms with E-state index in [0.29, 0.717) is 24.9 Å². The van der Waals surface area contributed by atoms with E-state index < -0.39 is 0 Å². The van der Waals surface area contributed by atoms with Gasteiger partial charge in [0.25, 0.3) is 0 Å². The first kappa shape index (κ1) is 16.7. The summed E-state index contributed by atoms with van der Waals surface area (Å²) in [7, 11) is 2.00. The minimum Gasteiger partial charge on any atom is -0.492 e. The van der Waals surface area contributed by atoms with E-state index in [0.717, 1.165) is 22.3 Å². The number of hydrogen-bond donors (Lipinski definition) is 0. The van der Waals surface area contributed by atoms with E-state index in [1.807, 2.05) is 61.6 Å². The summed E-state index contributed by atoms with van der Waals surface area (Å²) in [5.74, 6) is 2.00. The minimum atomic E-state index is 0.534. The van der Waals surface area contributed by atoms with Gasteiger partial charge in [-0.2, -0.15) is 0 Å². The third kappa shape index (κ3) is 4.66. The van der Waals surface area contributed by atoms with Gasteiger partial charge in [-0.15, -0.1) is 10.2 Å². The van der Waals surface area contributed by atoms with Crippen LogP contribution in [0.15, 0.2) is 63.5 Å². The molecule has 2 aromatic carbocycles. The lowest BCUT2D eigenvalue weighted by molar-refractivity contribution is 0.220. The Hall–Kier alpha value is -2.18. The molecule has 0 N–H and O–H groups in total. The number of hydrogen-bond acceptors (Lipinski definition) is 5. The van der Waals surface area contributed by atoms with E-state index >= 15 is 0 Å². The fraction of sp³-hybridized carbons (Fsp3) is 0.222. The average molecular weight is 388 g/mol. The monoisotopic (exact) mass is 387 g/mol. The summed E-state index contributed by atoms with van der Waals surface area (Å²) in [4.78, 5) is 2.09. The molecule has 3 aromatic rings. The summed E-state index contributed by atoms with van der Waals surface area (Å²) >= 11 is 3.41. The smallest absolute Gasteiger partial charge is 0.247 e. The van der Waals surface area contributed by atoms with Crippen LogP contribution in [0.4, 0.5) is 0 Å². The van der Waals surface area contributed by atoms with Crippen molar-refractivity contribution in [3.8, 4) is 17.2 Å². The Morgan fingerprint density at radius 3 is 2.54 bits per heavy atom. The first-order valence-electron chi connectivity index (χ1n) is 7.65. The predicted octanol–water partition coefficient (Wildman–Crippen LogP) is 4.01. The number of ether oxygens (including phenoxy) is 1. The third-order valence-electron chi connectivity index (χ3n) is 3.45. The van der Waals surface area contributed by atoms with Gasteiger partial charge in [0.05, 0.1) is 6.54 Å². The van der Waals surface area contributed by atoms with Crippen molar-refractivity contribution < 1.29 is 9.15 Å². The van der Waals surface area contributed by atoms with Crippen LogP contribution >= 0.6 is 15.9 Å². The van der Waals surface area contributed by atoms with Crippen LogP contribution in [-0.4, -0.2) is 35.3 Å². The number of benzene rings is 2. The molecule has 0 saturated heterocycles. The molecule has 124 valence electrons. The van der Waals surface area contributed by atoms with Crippen LogP contribution in [0.2, 0.25) is 0 Å². The van der Waals surface area contributed by atoms with Crippen LogP contribution in [0.3, 0.4) is 0 Å². The first-order valence-corrected chi connectivity index (χ1v) is 8.45. The van der Waals surface area contributed by atoms with E-state index in [1.165, 1.54) is 0 Å². The summed E-state index contributed by atoms with van der Waals surface area (Å²) in [5, 5.41) is 8.22. The Labute approximate surface area is 149 Å². The van der Waals surface area contributed by atoms with Crippen LogP contribution < -0.4 is 4.74 Å². The molecule has 0 radical (unpaired) electrons. The fourth-order valence-electron chi connectivity index (χ4n) is 2.17. The molecule has 0 unspecified atom stereocenters. The number of likely N-dealkylation sites (N-methyl/N-ethyl adjacent to an activating group) is 1. The van der Waals surface area contributed by atoms with Crippen molar-refractivity contribution in [2.45, 2.75) is 6.54 Å². The van der Waals surface area contributed by atoms with E-state index in [-0.39, 0.29) is 0 Å². The Kier molecular flexibility index (Phi) is 5.61. The maximum Gasteiger partial charge on any atom is 0.247 e. The van der Waals surface area contributed by atoms with Gasteiger partial charge in [-0.25, -0.2) is 0 Å². The molecule has 3 rings (SSSR count). The molecule has 0 aliphatic heterocycles. The molecule has 0 fully saturated rings. The highest BCUT2D eigenvalue weighted by atomic mass is 79.9. The molecule has 6 heteroatoms. The molecule has 0 amide bonds. The summed E-state index contributed by atoms with van der Waals surface area (Å²) in [5.41, 5.74) is 0.909. The maximum absolute atomic E-state index is 5.72. The highest BCUT2D eigenvalue weighted by molar-refractivity contribution is 9.10. The third-order valence-corrected chi connectivity index (χ3v) is 3.98. The van der Waals surface area contributed by atoms with Crippen LogP contribution in [0.5, 0.6) is 5.75 Å². The van der Waals surface area contributed by atoms with Crippen LogP contribution in [0.1, 0.15) is 5.89 Å². The topological polar surface area (TPSA) is 51.4 Å². The van der Waals surface area contributed by atoms with E-state index in [1.54, 1.807) is 0 Å². The molecule has 5 nitrogen and oxygen atoms in total. The molecule has 1 heterocycles. The Morgan fingerprint density at radius 2 is 1.79 bits per heavy atom. The lowest BCUT2D eigenvalue weighted by Gasteiger charge is -2.14. The van der Waals surface area contributed by atoms with Crippen molar-refractivity contribution in [1.29, 1.82) is 0 Å². The van der Waals surface area contributed by atoms with Gasteiger partial charge in [0, 0.05) is 16.6 Å². The second-order valence-electron chi connectivity index (χ2n) is 5.41.